The van der Waals surface area contributed by atoms with E-state index >= 15 is 0 Å². The van der Waals surface area contributed by atoms with Crippen LogP contribution in [0.2, 0.25) is 0 Å². The van der Waals surface area contributed by atoms with E-state index in [0.29, 0.717) is 0 Å². The van der Waals surface area contributed by atoms with Gasteiger partial charge in [-0.1, -0.05) is 0 Å². The van der Waals surface area contributed by atoms with Crippen LogP contribution in [0.15, 0.2) is 6.07 Å². The van der Waals surface area contributed by atoms with E-state index in [1.807, 2.05) is 4.90 Å². The highest BCUT2D eigenvalue weighted by Crippen LogP contribution is 2.37. The Morgan fingerprint density at radius 2 is 2.04 bits per heavy atom. The van der Waals surface area contributed by atoms with Crippen molar-refractivity contribution in [3.8, 4) is 5.88 Å². The Hall–Kier alpha value is -1.73. The van der Waals surface area contributed by atoms with Gasteiger partial charge in [0.15, 0.2) is 0 Å². The number of carbonyl (C=O) groups is 1. The van der Waals surface area contributed by atoms with Crippen LogP contribution in [0.3, 0.4) is 0 Å². The van der Waals surface area contributed by atoms with Crippen LogP contribution >= 0.6 is 0 Å². The zero-order chi connectivity index (χ0) is 16.6. The number of aryl methyl sites for hydroxylation is 1. The number of nitrogens with zero attached hydrogens (tertiary/aromatic N) is 3. The van der Waals surface area contributed by atoms with Crippen LogP contribution in [0.4, 0.5) is 13.2 Å². The molecular formula is C15H20F3N3O2. The Morgan fingerprint density at radius 3 is 2.57 bits per heavy atom. The first-order valence-electron chi connectivity index (χ1n) is 7.89. The molecule has 2 heterocycles. The van der Waals surface area contributed by atoms with Crippen molar-refractivity contribution in [2.75, 3.05) is 19.7 Å². The molecule has 0 aromatic carbocycles. The van der Waals surface area contributed by atoms with Crippen LogP contribution in [0, 0.1) is 11.8 Å². The van der Waals surface area contributed by atoms with Gasteiger partial charge in [0.05, 0.1) is 6.61 Å². The van der Waals surface area contributed by atoms with Gasteiger partial charge in [-0.25, -0.2) is 0 Å². The molecule has 1 aromatic rings. The summed E-state index contributed by atoms with van der Waals surface area (Å²) in [6.07, 6.45) is -0.655. The monoisotopic (exact) mass is 331 g/mol. The van der Waals surface area contributed by atoms with Gasteiger partial charge in [-0.2, -0.15) is 13.2 Å². The second-order valence-electron chi connectivity index (χ2n) is 6.28. The molecule has 0 bridgehead atoms. The third-order valence-electron chi connectivity index (χ3n) is 4.75. The average Bonchev–Trinajstić information content (AvgIpc) is 3.06. The summed E-state index contributed by atoms with van der Waals surface area (Å²) in [5, 5.41) is 3.73. The number of likely N-dealkylation sites (tertiary alicyclic amines) is 1. The maximum atomic E-state index is 12.7. The largest absolute Gasteiger partial charge is 0.476 e. The molecule has 2 atom stereocenters. The summed E-state index contributed by atoms with van der Waals surface area (Å²) in [7, 11) is 1.23. The third-order valence-corrected chi connectivity index (χ3v) is 4.75. The van der Waals surface area contributed by atoms with Crippen molar-refractivity contribution >= 4 is 5.91 Å². The zero-order valence-electron chi connectivity index (χ0n) is 13.0. The van der Waals surface area contributed by atoms with Gasteiger partial charge in [0.2, 0.25) is 11.8 Å². The highest BCUT2D eigenvalue weighted by molar-refractivity contribution is 5.80. The Balaban J connectivity index is 1.55. The van der Waals surface area contributed by atoms with Gasteiger partial charge in [0, 0.05) is 38.0 Å². The highest BCUT2D eigenvalue weighted by atomic mass is 19.4. The minimum Gasteiger partial charge on any atom is -0.476 e. The molecule has 8 heteroatoms. The summed E-state index contributed by atoms with van der Waals surface area (Å²) in [5.74, 6) is 0.136. The number of hydrogen-bond acceptors (Lipinski definition) is 3. The molecule has 0 unspecified atom stereocenters. The van der Waals surface area contributed by atoms with E-state index in [4.69, 9.17) is 4.74 Å². The fourth-order valence-corrected chi connectivity index (χ4v) is 3.23. The number of halogens is 3. The Labute approximate surface area is 132 Å². The van der Waals surface area contributed by atoms with E-state index in [9.17, 15) is 18.0 Å². The first-order valence-corrected chi connectivity index (χ1v) is 7.89. The second-order valence-corrected chi connectivity index (χ2v) is 6.28. The van der Waals surface area contributed by atoms with Crippen molar-refractivity contribution in [1.82, 2.24) is 14.7 Å². The molecule has 128 valence electrons. The number of hydrogen-bond donors (Lipinski definition) is 0. The van der Waals surface area contributed by atoms with Crippen LogP contribution < -0.4 is 4.74 Å². The van der Waals surface area contributed by atoms with Gasteiger partial charge >= 0.3 is 6.18 Å². The molecule has 1 saturated heterocycles. The van der Waals surface area contributed by atoms with Gasteiger partial charge in [0.25, 0.3) is 0 Å². The van der Waals surface area contributed by atoms with E-state index in [2.05, 4.69) is 5.10 Å². The first-order chi connectivity index (χ1) is 10.9. The van der Waals surface area contributed by atoms with E-state index in [-0.39, 0.29) is 30.2 Å². The molecule has 0 radical (unpaired) electrons. The predicted octanol–water partition coefficient (Wildman–Crippen LogP) is 2.47. The second kappa shape index (κ2) is 6.05. The summed E-state index contributed by atoms with van der Waals surface area (Å²) >= 11 is 0. The molecule has 1 aliphatic heterocycles. The molecule has 0 spiro atoms. The summed E-state index contributed by atoms with van der Waals surface area (Å²) in [6, 6.07) is 0.899. The molecule has 1 amide bonds. The maximum Gasteiger partial charge on any atom is 0.433 e. The molecule has 1 saturated carbocycles. The number of aromatic nitrogens is 2. The standard InChI is InChI=1S/C15H20F3N3O2/c1-20-12(15(16,17)18)8-13(19-20)23-9-10-4-5-11(10)14(22)21-6-2-3-7-21/h8,10-11H,2-7,9H2,1H3/t10-,11+/m1/s1. The van der Waals surface area contributed by atoms with Crippen molar-refractivity contribution in [1.29, 1.82) is 0 Å². The van der Waals surface area contributed by atoms with E-state index in [1.54, 1.807) is 0 Å². The summed E-state index contributed by atoms with van der Waals surface area (Å²) < 4.78 is 44.3. The van der Waals surface area contributed by atoms with Gasteiger partial charge in [-0.05, 0) is 25.7 Å². The summed E-state index contributed by atoms with van der Waals surface area (Å²) in [5.41, 5.74) is -0.842. The van der Waals surface area contributed by atoms with Crippen LogP contribution in [-0.4, -0.2) is 40.3 Å². The molecule has 1 aliphatic carbocycles. The Kier molecular flexibility index (Phi) is 4.25. The average molecular weight is 331 g/mol. The van der Waals surface area contributed by atoms with Gasteiger partial charge in [0.1, 0.15) is 5.69 Å². The SMILES string of the molecule is Cn1nc(OC[C@H]2CC[C@@H]2C(=O)N2CCCC2)cc1C(F)(F)F. The Morgan fingerprint density at radius 1 is 1.35 bits per heavy atom. The fourth-order valence-electron chi connectivity index (χ4n) is 3.23. The molecule has 1 aromatic heterocycles. The molecule has 3 rings (SSSR count). The van der Waals surface area contributed by atoms with Crippen LogP contribution in [-0.2, 0) is 18.0 Å². The van der Waals surface area contributed by atoms with Crippen LogP contribution in [0.5, 0.6) is 5.88 Å². The van der Waals surface area contributed by atoms with Crippen molar-refractivity contribution in [2.45, 2.75) is 31.9 Å². The number of carbonyl (C=O) groups excluding carboxylic acids is 1. The molecule has 23 heavy (non-hydrogen) atoms. The quantitative estimate of drug-likeness (QED) is 0.851. The van der Waals surface area contributed by atoms with E-state index in [0.717, 1.165) is 49.5 Å². The fraction of sp³-hybridized carbons (Fsp3) is 0.733. The van der Waals surface area contributed by atoms with Gasteiger partial charge in [-0.15, -0.1) is 5.10 Å². The van der Waals surface area contributed by atoms with E-state index < -0.39 is 11.9 Å². The lowest BCUT2D eigenvalue weighted by atomic mass is 9.73. The van der Waals surface area contributed by atoms with Gasteiger partial charge < -0.3 is 9.64 Å². The predicted molar refractivity (Wildman–Crippen MR) is 75.7 cm³/mol. The zero-order valence-corrected chi connectivity index (χ0v) is 13.0. The smallest absolute Gasteiger partial charge is 0.433 e. The lowest BCUT2D eigenvalue weighted by Gasteiger charge is -2.37. The van der Waals surface area contributed by atoms with Crippen molar-refractivity contribution in [2.24, 2.45) is 18.9 Å². The van der Waals surface area contributed by atoms with E-state index in [1.165, 1.54) is 7.05 Å². The number of alkyl halides is 3. The van der Waals surface area contributed by atoms with Crippen molar-refractivity contribution in [3.05, 3.63) is 11.8 Å². The summed E-state index contributed by atoms with van der Waals surface area (Å²) in [4.78, 5) is 14.2. The third kappa shape index (κ3) is 3.30. The number of rotatable bonds is 4. The number of amides is 1. The Bertz CT molecular complexity index is 579. The van der Waals surface area contributed by atoms with Crippen molar-refractivity contribution < 1.29 is 22.7 Å². The minimum atomic E-state index is -4.45. The summed E-state index contributed by atoms with van der Waals surface area (Å²) in [6.45, 7) is 1.87. The molecule has 0 N–H and O–H groups in total. The first kappa shape index (κ1) is 16.1. The lowest BCUT2D eigenvalue weighted by Crippen LogP contribution is -2.44. The lowest BCUT2D eigenvalue weighted by molar-refractivity contribution is -0.143. The molecule has 2 fully saturated rings. The molecular weight excluding hydrogens is 311 g/mol. The topological polar surface area (TPSA) is 47.4 Å². The van der Waals surface area contributed by atoms with Crippen molar-refractivity contribution in [3.63, 3.8) is 0 Å². The van der Waals surface area contributed by atoms with Crippen LogP contribution in [0.25, 0.3) is 0 Å². The molecule has 2 aliphatic rings. The number of ether oxygens (including phenoxy) is 1. The van der Waals surface area contributed by atoms with Crippen LogP contribution in [0.1, 0.15) is 31.4 Å². The highest BCUT2D eigenvalue weighted by Gasteiger charge is 2.40. The molecule has 5 nitrogen and oxygen atoms in total. The van der Waals surface area contributed by atoms with Gasteiger partial charge in [-0.3, -0.25) is 9.48 Å². The normalized spacial score (nSPS) is 24.6. The maximum absolute atomic E-state index is 12.7. The minimum absolute atomic E-state index is 0.0425.